The van der Waals surface area contributed by atoms with Gasteiger partial charge < -0.3 is 9.47 Å². The SMILES string of the molecule is CC[C@@H]1CN(C(=O)CCn2cnc3ccccc32)CC[C@@H]1NS(=O)(=O)N(C)C. The van der Waals surface area contributed by atoms with Crippen molar-refractivity contribution < 1.29 is 13.2 Å². The maximum Gasteiger partial charge on any atom is 0.279 e. The number of aromatic nitrogens is 2. The van der Waals surface area contributed by atoms with Crippen molar-refractivity contribution in [3.8, 4) is 0 Å². The zero-order valence-electron chi connectivity index (χ0n) is 16.7. The molecule has 0 aliphatic carbocycles. The summed E-state index contributed by atoms with van der Waals surface area (Å²) in [5.74, 6) is 0.214. The van der Waals surface area contributed by atoms with E-state index in [9.17, 15) is 13.2 Å². The number of likely N-dealkylation sites (tertiary alicyclic amines) is 1. The molecule has 0 saturated carbocycles. The molecule has 0 unspecified atom stereocenters. The number of rotatable bonds is 7. The lowest BCUT2D eigenvalue weighted by Crippen LogP contribution is -2.54. The largest absolute Gasteiger partial charge is 0.342 e. The summed E-state index contributed by atoms with van der Waals surface area (Å²) in [7, 11) is -0.438. The molecule has 1 amide bonds. The normalized spacial score (nSPS) is 20.8. The third-order valence-corrected chi connectivity index (χ3v) is 7.05. The maximum atomic E-state index is 12.7. The van der Waals surface area contributed by atoms with Crippen molar-refractivity contribution in [2.24, 2.45) is 5.92 Å². The fraction of sp³-hybridized carbons (Fsp3) is 0.579. The zero-order valence-corrected chi connectivity index (χ0v) is 17.5. The molecule has 0 spiro atoms. The highest BCUT2D eigenvalue weighted by atomic mass is 32.2. The number of carbonyl (C=O) groups is 1. The molecule has 1 N–H and O–H groups in total. The van der Waals surface area contributed by atoms with E-state index in [4.69, 9.17) is 0 Å². The molecule has 3 rings (SSSR count). The summed E-state index contributed by atoms with van der Waals surface area (Å²) >= 11 is 0. The number of nitrogens with zero attached hydrogens (tertiary/aromatic N) is 4. The molecule has 1 aliphatic rings. The second-order valence-corrected chi connectivity index (χ2v) is 9.40. The average molecular weight is 408 g/mol. The van der Waals surface area contributed by atoms with Crippen LogP contribution in [-0.4, -0.2) is 66.3 Å². The van der Waals surface area contributed by atoms with Crippen molar-refractivity contribution in [1.82, 2.24) is 23.5 Å². The Bertz CT molecular complexity index is 925. The standard InChI is InChI=1S/C19H29N5O3S/c1-4-15-13-23(11-9-16(15)21-28(26,27)22(2)3)19(25)10-12-24-14-20-17-7-5-6-8-18(17)24/h5-8,14-16,21H,4,9-13H2,1-3H3/t15-,16+/m1/s1. The molecule has 9 heteroatoms. The summed E-state index contributed by atoms with van der Waals surface area (Å²) in [4.78, 5) is 19.0. The van der Waals surface area contributed by atoms with Gasteiger partial charge in [0.15, 0.2) is 0 Å². The first kappa shape index (κ1) is 20.8. The van der Waals surface area contributed by atoms with Crippen molar-refractivity contribution in [3.63, 3.8) is 0 Å². The van der Waals surface area contributed by atoms with Crippen LogP contribution in [-0.2, 0) is 21.5 Å². The molecule has 154 valence electrons. The molecule has 2 atom stereocenters. The van der Waals surface area contributed by atoms with Crippen LogP contribution < -0.4 is 4.72 Å². The predicted molar refractivity (Wildman–Crippen MR) is 109 cm³/mol. The maximum absolute atomic E-state index is 12.7. The van der Waals surface area contributed by atoms with E-state index in [0.29, 0.717) is 32.5 Å². The number of imidazole rings is 1. The van der Waals surface area contributed by atoms with Crippen LogP contribution in [0.3, 0.4) is 0 Å². The number of para-hydroxylation sites is 2. The van der Waals surface area contributed by atoms with Crippen LogP contribution in [0.4, 0.5) is 0 Å². The number of amides is 1. The molecule has 28 heavy (non-hydrogen) atoms. The van der Waals surface area contributed by atoms with Crippen LogP contribution in [0.15, 0.2) is 30.6 Å². The first-order valence-corrected chi connectivity index (χ1v) is 11.1. The molecule has 1 aliphatic heterocycles. The molecule has 0 radical (unpaired) electrons. The average Bonchev–Trinajstić information content (AvgIpc) is 3.09. The Hall–Kier alpha value is -1.97. The number of hydrogen-bond donors (Lipinski definition) is 1. The summed E-state index contributed by atoms with van der Waals surface area (Å²) in [6, 6.07) is 7.73. The summed E-state index contributed by atoms with van der Waals surface area (Å²) in [6.07, 6.45) is 3.63. The lowest BCUT2D eigenvalue weighted by Gasteiger charge is -2.38. The number of hydrogen-bond acceptors (Lipinski definition) is 4. The van der Waals surface area contributed by atoms with E-state index >= 15 is 0 Å². The van der Waals surface area contributed by atoms with Gasteiger partial charge in [-0.1, -0.05) is 25.5 Å². The highest BCUT2D eigenvalue weighted by molar-refractivity contribution is 7.87. The highest BCUT2D eigenvalue weighted by Gasteiger charge is 2.33. The first-order chi connectivity index (χ1) is 13.3. The van der Waals surface area contributed by atoms with E-state index in [0.717, 1.165) is 17.5 Å². The van der Waals surface area contributed by atoms with Crippen LogP contribution in [0.25, 0.3) is 11.0 Å². The number of benzene rings is 1. The predicted octanol–water partition coefficient (Wildman–Crippen LogP) is 1.45. The van der Waals surface area contributed by atoms with Gasteiger partial charge in [0.2, 0.25) is 5.91 Å². The fourth-order valence-corrected chi connectivity index (χ4v) is 4.59. The van der Waals surface area contributed by atoms with Gasteiger partial charge in [-0.3, -0.25) is 4.79 Å². The van der Waals surface area contributed by atoms with E-state index in [1.807, 2.05) is 40.7 Å². The zero-order chi connectivity index (χ0) is 20.3. The van der Waals surface area contributed by atoms with Crippen molar-refractivity contribution in [2.75, 3.05) is 27.2 Å². The molecule has 2 heterocycles. The smallest absolute Gasteiger partial charge is 0.279 e. The number of fused-ring (bicyclic) bond motifs is 1. The first-order valence-electron chi connectivity index (χ1n) is 9.69. The van der Waals surface area contributed by atoms with E-state index in [2.05, 4.69) is 9.71 Å². The lowest BCUT2D eigenvalue weighted by atomic mass is 9.90. The van der Waals surface area contributed by atoms with Crippen LogP contribution in [0.1, 0.15) is 26.2 Å². The minimum absolute atomic E-state index is 0.102. The van der Waals surface area contributed by atoms with Gasteiger partial charge in [-0.2, -0.15) is 17.4 Å². The Morgan fingerprint density at radius 2 is 2.07 bits per heavy atom. The van der Waals surface area contributed by atoms with Gasteiger partial charge in [-0.25, -0.2) is 4.98 Å². The molecule has 1 aromatic heterocycles. The van der Waals surface area contributed by atoms with Crippen LogP contribution in [0, 0.1) is 5.92 Å². The lowest BCUT2D eigenvalue weighted by molar-refractivity contribution is -0.133. The monoisotopic (exact) mass is 407 g/mol. The Labute approximate surface area is 166 Å². The van der Waals surface area contributed by atoms with Gasteiger partial charge in [0.1, 0.15) is 0 Å². The summed E-state index contributed by atoms with van der Waals surface area (Å²) in [5, 5.41) is 0. The topological polar surface area (TPSA) is 87.5 Å². The fourth-order valence-electron chi connectivity index (χ4n) is 3.69. The molecular weight excluding hydrogens is 378 g/mol. The molecule has 1 saturated heterocycles. The third-order valence-electron chi connectivity index (χ3n) is 5.49. The minimum atomic E-state index is -3.47. The van der Waals surface area contributed by atoms with Crippen molar-refractivity contribution in [2.45, 2.75) is 38.8 Å². The number of carbonyl (C=O) groups excluding carboxylic acids is 1. The summed E-state index contributed by atoms with van der Waals surface area (Å²) in [6.45, 7) is 3.78. The second kappa shape index (κ2) is 8.59. The van der Waals surface area contributed by atoms with Crippen molar-refractivity contribution >= 4 is 27.1 Å². The van der Waals surface area contributed by atoms with Crippen LogP contribution in [0.2, 0.25) is 0 Å². The third kappa shape index (κ3) is 4.53. The molecule has 2 aromatic rings. The number of piperidine rings is 1. The Morgan fingerprint density at radius 3 is 2.79 bits per heavy atom. The van der Waals surface area contributed by atoms with Crippen LogP contribution >= 0.6 is 0 Å². The summed E-state index contributed by atoms with van der Waals surface area (Å²) < 4.78 is 30.3. The van der Waals surface area contributed by atoms with Gasteiger partial charge in [0.25, 0.3) is 10.2 Å². The minimum Gasteiger partial charge on any atom is -0.342 e. The van der Waals surface area contributed by atoms with Gasteiger partial charge in [0, 0.05) is 46.2 Å². The van der Waals surface area contributed by atoms with E-state index in [-0.39, 0.29) is 17.9 Å². The number of aryl methyl sites for hydroxylation is 1. The Balaban J connectivity index is 1.58. The van der Waals surface area contributed by atoms with Gasteiger partial charge >= 0.3 is 0 Å². The van der Waals surface area contributed by atoms with E-state index in [1.165, 1.54) is 18.4 Å². The second-order valence-electron chi connectivity index (χ2n) is 7.49. The molecule has 1 fully saturated rings. The Morgan fingerprint density at radius 1 is 1.32 bits per heavy atom. The Kier molecular flexibility index (Phi) is 6.36. The van der Waals surface area contributed by atoms with Crippen molar-refractivity contribution in [1.29, 1.82) is 0 Å². The van der Waals surface area contributed by atoms with Gasteiger partial charge in [-0.15, -0.1) is 0 Å². The van der Waals surface area contributed by atoms with E-state index < -0.39 is 10.2 Å². The highest BCUT2D eigenvalue weighted by Crippen LogP contribution is 2.22. The number of nitrogens with one attached hydrogen (secondary N) is 1. The van der Waals surface area contributed by atoms with Crippen molar-refractivity contribution in [3.05, 3.63) is 30.6 Å². The molecule has 8 nitrogen and oxygen atoms in total. The molecule has 0 bridgehead atoms. The van der Waals surface area contributed by atoms with Gasteiger partial charge in [-0.05, 0) is 24.5 Å². The van der Waals surface area contributed by atoms with Gasteiger partial charge in [0.05, 0.1) is 17.4 Å². The summed E-state index contributed by atoms with van der Waals surface area (Å²) in [5.41, 5.74) is 1.95. The molecule has 1 aromatic carbocycles. The quantitative estimate of drug-likeness (QED) is 0.753. The van der Waals surface area contributed by atoms with E-state index in [1.54, 1.807) is 6.33 Å². The molecular formula is C19H29N5O3S. The van der Waals surface area contributed by atoms with Crippen LogP contribution in [0.5, 0.6) is 0 Å².